The van der Waals surface area contributed by atoms with Crippen molar-refractivity contribution in [3.63, 3.8) is 0 Å². The first-order chi connectivity index (χ1) is 13.2. The Hall–Kier alpha value is -0.870. The van der Waals surface area contributed by atoms with Gasteiger partial charge in [0.05, 0.1) is 12.7 Å². The third kappa shape index (κ3) is 13.0. The molecule has 2 N–H and O–H groups in total. The van der Waals surface area contributed by atoms with E-state index in [0.717, 1.165) is 12.8 Å². The molecule has 0 aromatic rings. The van der Waals surface area contributed by atoms with Crippen LogP contribution in [0.4, 0.5) is 0 Å². The Kier molecular flexibility index (Phi) is 14.4. The van der Waals surface area contributed by atoms with Gasteiger partial charge >= 0.3 is 0 Å². The Labute approximate surface area is 167 Å². The minimum Gasteiger partial charge on any atom is -0.394 e. The van der Waals surface area contributed by atoms with Crippen molar-refractivity contribution in [2.75, 3.05) is 6.61 Å². The summed E-state index contributed by atoms with van der Waals surface area (Å²) in [7, 11) is 0. The molecule has 1 fully saturated rings. The van der Waals surface area contributed by atoms with Crippen LogP contribution in [0.15, 0.2) is 12.2 Å². The van der Waals surface area contributed by atoms with E-state index < -0.39 is 0 Å². The van der Waals surface area contributed by atoms with Gasteiger partial charge in [-0.25, -0.2) is 0 Å². The number of aliphatic hydroxyl groups is 1. The van der Waals surface area contributed by atoms with E-state index in [1.165, 1.54) is 77.0 Å². The van der Waals surface area contributed by atoms with Crippen LogP contribution in [-0.2, 0) is 9.53 Å². The molecule has 1 aliphatic heterocycles. The Morgan fingerprint density at radius 1 is 0.963 bits per heavy atom. The van der Waals surface area contributed by atoms with E-state index in [1.54, 1.807) is 6.92 Å². The van der Waals surface area contributed by atoms with Crippen LogP contribution in [0.2, 0.25) is 0 Å². The molecule has 1 heterocycles. The summed E-state index contributed by atoms with van der Waals surface area (Å²) in [6.07, 6.45) is 22.6. The molecule has 0 aliphatic carbocycles. The molecule has 4 heteroatoms. The van der Waals surface area contributed by atoms with Gasteiger partial charge in [0.15, 0.2) is 6.10 Å². The number of aliphatic hydroxyl groups excluding tert-OH is 1. The second-order valence-corrected chi connectivity index (χ2v) is 8.06. The molecule has 4 nitrogen and oxygen atoms in total. The standard InChI is InChI=1S/C23H43NO3/c1-3-4-5-6-7-8-9-10-11-12-13-14-15-16-17-18-21-22(27-21)23(26)24-20(2)19-25/h15-16,20-22,25H,3-14,17-19H2,1-2H3,(H,24,26)/b16-15+/t20-,21-,22+/m1/s1. The lowest BCUT2D eigenvalue weighted by Gasteiger charge is -2.08. The predicted octanol–water partition coefficient (Wildman–Crippen LogP) is 5.29. The maximum absolute atomic E-state index is 11.8. The molecule has 0 unspecified atom stereocenters. The first-order valence-corrected chi connectivity index (χ1v) is 11.4. The summed E-state index contributed by atoms with van der Waals surface area (Å²) in [5.74, 6) is -0.0912. The van der Waals surface area contributed by atoms with Crippen LogP contribution in [0.5, 0.6) is 0 Å². The minimum absolute atomic E-state index is 0.0368. The third-order valence-electron chi connectivity index (χ3n) is 5.26. The number of epoxide rings is 1. The molecular formula is C23H43NO3. The average Bonchev–Trinajstić information content (AvgIpc) is 3.44. The largest absolute Gasteiger partial charge is 0.394 e. The van der Waals surface area contributed by atoms with Crippen LogP contribution < -0.4 is 5.32 Å². The molecule has 1 rings (SSSR count). The fourth-order valence-corrected chi connectivity index (χ4v) is 3.39. The maximum Gasteiger partial charge on any atom is 0.252 e. The number of carbonyl (C=O) groups is 1. The lowest BCUT2D eigenvalue weighted by molar-refractivity contribution is -0.123. The highest BCUT2D eigenvalue weighted by Gasteiger charge is 2.44. The SMILES string of the molecule is CCCCCCCCCCCCC/C=C/CC[C@H]1O[C@@H]1C(=O)N[C@H](C)CO. The third-order valence-corrected chi connectivity index (χ3v) is 5.26. The van der Waals surface area contributed by atoms with Crippen molar-refractivity contribution in [3.8, 4) is 0 Å². The van der Waals surface area contributed by atoms with E-state index in [9.17, 15) is 4.79 Å². The van der Waals surface area contributed by atoms with Crippen molar-refractivity contribution in [2.24, 2.45) is 0 Å². The van der Waals surface area contributed by atoms with Crippen LogP contribution in [0, 0.1) is 0 Å². The molecule has 0 saturated carbocycles. The first kappa shape index (κ1) is 24.2. The summed E-state index contributed by atoms with van der Waals surface area (Å²) >= 11 is 0. The van der Waals surface area contributed by atoms with Crippen molar-refractivity contribution in [3.05, 3.63) is 12.2 Å². The highest BCUT2D eigenvalue weighted by molar-refractivity contribution is 5.83. The highest BCUT2D eigenvalue weighted by atomic mass is 16.6. The fraction of sp³-hybridized carbons (Fsp3) is 0.870. The summed E-state index contributed by atoms with van der Waals surface area (Å²) in [6, 6.07) is -0.201. The molecule has 27 heavy (non-hydrogen) atoms. The van der Waals surface area contributed by atoms with Gasteiger partial charge in [0.2, 0.25) is 0 Å². The molecule has 0 spiro atoms. The molecule has 1 saturated heterocycles. The van der Waals surface area contributed by atoms with Crippen LogP contribution in [-0.4, -0.2) is 35.9 Å². The van der Waals surface area contributed by atoms with E-state index >= 15 is 0 Å². The number of carbonyl (C=O) groups excluding carboxylic acids is 1. The maximum atomic E-state index is 11.8. The van der Waals surface area contributed by atoms with E-state index in [4.69, 9.17) is 9.84 Å². The number of rotatable bonds is 18. The van der Waals surface area contributed by atoms with Gasteiger partial charge in [-0.2, -0.15) is 0 Å². The molecule has 1 aliphatic rings. The van der Waals surface area contributed by atoms with Crippen molar-refractivity contribution in [2.45, 2.75) is 122 Å². The monoisotopic (exact) mass is 381 g/mol. The smallest absolute Gasteiger partial charge is 0.252 e. The van der Waals surface area contributed by atoms with Gasteiger partial charge in [-0.1, -0.05) is 83.3 Å². The van der Waals surface area contributed by atoms with Crippen LogP contribution in [0.25, 0.3) is 0 Å². The van der Waals surface area contributed by atoms with Crippen molar-refractivity contribution < 1.29 is 14.6 Å². The second kappa shape index (κ2) is 16.1. The number of hydrogen-bond acceptors (Lipinski definition) is 3. The van der Waals surface area contributed by atoms with Gasteiger partial charge in [0.1, 0.15) is 0 Å². The lowest BCUT2D eigenvalue weighted by Crippen LogP contribution is -2.38. The normalized spacial score (nSPS) is 20.1. The number of unbranched alkanes of at least 4 members (excludes halogenated alkanes) is 11. The van der Waals surface area contributed by atoms with Gasteiger partial charge < -0.3 is 15.2 Å². The molecule has 0 aromatic heterocycles. The number of allylic oxidation sites excluding steroid dienone is 2. The number of hydrogen-bond donors (Lipinski definition) is 2. The second-order valence-electron chi connectivity index (χ2n) is 8.06. The minimum atomic E-state index is -0.306. The average molecular weight is 382 g/mol. The predicted molar refractivity (Wildman–Crippen MR) is 113 cm³/mol. The van der Waals surface area contributed by atoms with Crippen molar-refractivity contribution >= 4 is 5.91 Å². The first-order valence-electron chi connectivity index (χ1n) is 11.4. The van der Waals surface area contributed by atoms with Gasteiger partial charge in [0, 0.05) is 6.04 Å². The Balaban J connectivity index is 1.82. The topological polar surface area (TPSA) is 61.9 Å². The van der Waals surface area contributed by atoms with Gasteiger partial charge in [-0.15, -0.1) is 0 Å². The van der Waals surface area contributed by atoms with E-state index in [1.807, 2.05) is 0 Å². The van der Waals surface area contributed by atoms with Crippen LogP contribution in [0.1, 0.15) is 104 Å². The summed E-state index contributed by atoms with van der Waals surface area (Å²) in [6.45, 7) is 4.02. The number of amides is 1. The molecule has 1 amide bonds. The zero-order chi connectivity index (χ0) is 19.7. The zero-order valence-electron chi connectivity index (χ0n) is 17.8. The fourth-order valence-electron chi connectivity index (χ4n) is 3.39. The summed E-state index contributed by atoms with van der Waals surface area (Å²) < 4.78 is 5.42. The summed E-state index contributed by atoms with van der Waals surface area (Å²) in [5, 5.41) is 11.7. The van der Waals surface area contributed by atoms with Crippen molar-refractivity contribution in [1.29, 1.82) is 0 Å². The zero-order valence-corrected chi connectivity index (χ0v) is 17.8. The number of ether oxygens (including phenoxy) is 1. The van der Waals surface area contributed by atoms with Gasteiger partial charge in [0.25, 0.3) is 5.91 Å². The van der Waals surface area contributed by atoms with Crippen molar-refractivity contribution in [1.82, 2.24) is 5.32 Å². The van der Waals surface area contributed by atoms with E-state index in [-0.39, 0.29) is 30.8 Å². The van der Waals surface area contributed by atoms with E-state index in [0.29, 0.717) is 0 Å². The Morgan fingerprint density at radius 3 is 2.11 bits per heavy atom. The lowest BCUT2D eigenvalue weighted by atomic mass is 10.1. The molecule has 0 radical (unpaired) electrons. The Morgan fingerprint density at radius 2 is 1.52 bits per heavy atom. The summed E-state index contributed by atoms with van der Waals surface area (Å²) in [4.78, 5) is 11.8. The van der Waals surface area contributed by atoms with Crippen LogP contribution in [0.3, 0.4) is 0 Å². The number of nitrogens with one attached hydrogen (secondary N) is 1. The van der Waals surface area contributed by atoms with E-state index in [2.05, 4.69) is 24.4 Å². The van der Waals surface area contributed by atoms with Gasteiger partial charge in [-0.3, -0.25) is 4.79 Å². The quantitative estimate of drug-likeness (QED) is 0.193. The molecule has 0 aromatic carbocycles. The Bertz CT molecular complexity index is 397. The molecule has 3 atom stereocenters. The molecule has 0 bridgehead atoms. The molecular weight excluding hydrogens is 338 g/mol. The highest BCUT2D eigenvalue weighted by Crippen LogP contribution is 2.27. The van der Waals surface area contributed by atoms with Crippen LogP contribution >= 0.6 is 0 Å². The van der Waals surface area contributed by atoms with Gasteiger partial charge in [-0.05, 0) is 32.6 Å². The molecule has 158 valence electrons. The summed E-state index contributed by atoms with van der Waals surface area (Å²) in [5.41, 5.74) is 0.